The number of guanidine groups is 1. The Bertz CT molecular complexity index is 557. The summed E-state index contributed by atoms with van der Waals surface area (Å²) >= 11 is 0. The minimum atomic E-state index is 0. The molecule has 7 heteroatoms. The second kappa shape index (κ2) is 13.4. The summed E-state index contributed by atoms with van der Waals surface area (Å²) in [4.78, 5) is 6.94. The zero-order chi connectivity index (χ0) is 18.8. The van der Waals surface area contributed by atoms with E-state index in [4.69, 9.17) is 0 Å². The first-order valence-corrected chi connectivity index (χ1v) is 10.3. The fourth-order valence-electron chi connectivity index (χ4n) is 3.71. The molecule has 0 saturated carbocycles. The second-order valence-electron chi connectivity index (χ2n) is 7.68. The number of rotatable bonds is 9. The summed E-state index contributed by atoms with van der Waals surface area (Å²) in [6.45, 7) is 13.2. The summed E-state index contributed by atoms with van der Waals surface area (Å²) in [5.41, 5.74) is 2.32. The van der Waals surface area contributed by atoms with Crippen LogP contribution < -0.4 is 10.6 Å². The van der Waals surface area contributed by atoms with Crippen molar-refractivity contribution in [2.75, 3.05) is 39.8 Å². The molecule has 1 atom stereocenters. The first kappa shape index (κ1) is 24.2. The van der Waals surface area contributed by atoms with Crippen LogP contribution in [0.3, 0.4) is 0 Å². The van der Waals surface area contributed by atoms with Gasteiger partial charge in [0.25, 0.3) is 0 Å². The molecule has 156 valence electrons. The van der Waals surface area contributed by atoms with Gasteiger partial charge in [0.05, 0.1) is 5.69 Å². The third-order valence-electron chi connectivity index (χ3n) is 5.10. The minimum Gasteiger partial charge on any atom is -0.356 e. The van der Waals surface area contributed by atoms with Gasteiger partial charge in [-0.2, -0.15) is 5.10 Å². The highest BCUT2D eigenvalue weighted by Gasteiger charge is 2.15. The molecule has 1 aliphatic heterocycles. The number of aryl methyl sites for hydroxylation is 3. The molecular formula is C20H39IN6. The van der Waals surface area contributed by atoms with E-state index in [9.17, 15) is 0 Å². The molecule has 1 aliphatic rings. The lowest BCUT2D eigenvalue weighted by atomic mass is 10.0. The van der Waals surface area contributed by atoms with Gasteiger partial charge in [0.15, 0.2) is 5.96 Å². The Hall–Kier alpha value is -0.830. The van der Waals surface area contributed by atoms with Crippen LogP contribution in [-0.2, 0) is 6.54 Å². The van der Waals surface area contributed by atoms with Gasteiger partial charge in [0, 0.05) is 38.9 Å². The molecule has 1 unspecified atom stereocenters. The third kappa shape index (κ3) is 9.27. The predicted octanol–water partition coefficient (Wildman–Crippen LogP) is 3.19. The Morgan fingerprint density at radius 1 is 1.19 bits per heavy atom. The average molecular weight is 490 g/mol. The van der Waals surface area contributed by atoms with Crippen LogP contribution in [-0.4, -0.2) is 60.4 Å². The highest BCUT2D eigenvalue weighted by atomic mass is 127. The van der Waals surface area contributed by atoms with Crippen molar-refractivity contribution in [3.05, 3.63) is 17.5 Å². The minimum absolute atomic E-state index is 0. The van der Waals surface area contributed by atoms with E-state index >= 15 is 0 Å². The van der Waals surface area contributed by atoms with Crippen molar-refractivity contribution in [3.8, 4) is 0 Å². The van der Waals surface area contributed by atoms with Crippen molar-refractivity contribution >= 4 is 29.9 Å². The molecule has 1 saturated heterocycles. The van der Waals surface area contributed by atoms with Crippen molar-refractivity contribution in [1.82, 2.24) is 25.3 Å². The summed E-state index contributed by atoms with van der Waals surface area (Å²) in [7, 11) is 1.84. The molecule has 0 spiro atoms. The van der Waals surface area contributed by atoms with E-state index in [0.717, 1.165) is 43.6 Å². The normalized spacial score (nSPS) is 18.2. The van der Waals surface area contributed by atoms with E-state index in [0.29, 0.717) is 0 Å². The van der Waals surface area contributed by atoms with Crippen molar-refractivity contribution in [1.29, 1.82) is 0 Å². The lowest BCUT2D eigenvalue weighted by Crippen LogP contribution is -2.39. The highest BCUT2D eigenvalue weighted by molar-refractivity contribution is 14.0. The molecule has 0 radical (unpaired) electrons. The number of nitrogens with one attached hydrogen (secondary N) is 2. The molecule has 0 aromatic carbocycles. The van der Waals surface area contributed by atoms with Crippen LogP contribution in [0, 0.1) is 19.8 Å². The summed E-state index contributed by atoms with van der Waals surface area (Å²) in [5, 5.41) is 11.3. The van der Waals surface area contributed by atoms with Gasteiger partial charge in [-0.25, -0.2) is 0 Å². The number of halogens is 1. The molecule has 1 aromatic heterocycles. The van der Waals surface area contributed by atoms with Crippen molar-refractivity contribution in [2.24, 2.45) is 10.9 Å². The predicted molar refractivity (Wildman–Crippen MR) is 125 cm³/mol. The standard InChI is InChI=1S/C20H38N6.HI/c1-17-9-7-13-25(16-17)12-6-5-10-22-20(21-4)23-11-8-14-26-19(3)15-18(2)24-26;/h15,17H,5-14,16H2,1-4H3,(H2,21,22,23);1H. The molecule has 1 fully saturated rings. The zero-order valence-corrected chi connectivity index (χ0v) is 20.0. The maximum atomic E-state index is 4.50. The molecule has 2 N–H and O–H groups in total. The maximum Gasteiger partial charge on any atom is 0.190 e. The van der Waals surface area contributed by atoms with Crippen LogP contribution in [0.25, 0.3) is 0 Å². The molecule has 0 aliphatic carbocycles. The molecule has 0 bridgehead atoms. The number of hydrogen-bond acceptors (Lipinski definition) is 3. The fourth-order valence-corrected chi connectivity index (χ4v) is 3.71. The van der Waals surface area contributed by atoms with Gasteiger partial charge in [-0.3, -0.25) is 9.67 Å². The number of unbranched alkanes of at least 4 members (excludes halogenated alkanes) is 1. The number of nitrogens with zero attached hydrogens (tertiary/aromatic N) is 4. The second-order valence-corrected chi connectivity index (χ2v) is 7.68. The van der Waals surface area contributed by atoms with Gasteiger partial charge in [-0.15, -0.1) is 24.0 Å². The highest BCUT2D eigenvalue weighted by Crippen LogP contribution is 2.15. The fraction of sp³-hybridized carbons (Fsp3) is 0.800. The van der Waals surface area contributed by atoms with E-state index in [1.54, 1.807) is 0 Å². The van der Waals surface area contributed by atoms with Crippen LogP contribution in [0.4, 0.5) is 0 Å². The SMILES string of the molecule is CN=C(NCCCCN1CCCC(C)C1)NCCCn1nc(C)cc1C.I. The Morgan fingerprint density at radius 2 is 1.93 bits per heavy atom. The summed E-state index contributed by atoms with van der Waals surface area (Å²) < 4.78 is 2.08. The van der Waals surface area contributed by atoms with Gasteiger partial charge in [0.1, 0.15) is 0 Å². The number of piperidine rings is 1. The Kier molecular flexibility index (Phi) is 12.0. The molecule has 1 aromatic rings. The Balaban J connectivity index is 0.00000364. The number of hydrogen-bond donors (Lipinski definition) is 2. The van der Waals surface area contributed by atoms with Gasteiger partial charge in [-0.1, -0.05) is 6.92 Å². The van der Waals surface area contributed by atoms with Crippen LogP contribution in [0.2, 0.25) is 0 Å². The van der Waals surface area contributed by atoms with E-state index in [1.165, 1.54) is 51.0 Å². The quantitative estimate of drug-likeness (QED) is 0.242. The topological polar surface area (TPSA) is 57.5 Å². The number of aromatic nitrogens is 2. The van der Waals surface area contributed by atoms with Crippen LogP contribution in [0.15, 0.2) is 11.1 Å². The largest absolute Gasteiger partial charge is 0.356 e. The monoisotopic (exact) mass is 490 g/mol. The first-order valence-electron chi connectivity index (χ1n) is 10.3. The van der Waals surface area contributed by atoms with Crippen LogP contribution in [0.5, 0.6) is 0 Å². The van der Waals surface area contributed by atoms with Crippen LogP contribution in [0.1, 0.15) is 50.4 Å². The third-order valence-corrected chi connectivity index (χ3v) is 5.10. The summed E-state index contributed by atoms with van der Waals surface area (Å²) in [5.74, 6) is 1.78. The van der Waals surface area contributed by atoms with Crippen LogP contribution >= 0.6 is 24.0 Å². The Labute approximate surface area is 182 Å². The molecule has 2 rings (SSSR count). The molecule has 0 amide bonds. The molecule has 2 heterocycles. The number of likely N-dealkylation sites (tertiary alicyclic amines) is 1. The summed E-state index contributed by atoms with van der Waals surface area (Å²) in [6.07, 6.45) is 6.26. The lowest BCUT2D eigenvalue weighted by Gasteiger charge is -2.30. The van der Waals surface area contributed by atoms with E-state index in [1.807, 2.05) is 14.0 Å². The average Bonchev–Trinajstić information content (AvgIpc) is 2.94. The van der Waals surface area contributed by atoms with E-state index in [-0.39, 0.29) is 24.0 Å². The molecular weight excluding hydrogens is 451 g/mol. The van der Waals surface area contributed by atoms with Gasteiger partial charge >= 0.3 is 0 Å². The lowest BCUT2D eigenvalue weighted by molar-refractivity contribution is 0.181. The zero-order valence-electron chi connectivity index (χ0n) is 17.6. The van der Waals surface area contributed by atoms with Gasteiger partial charge < -0.3 is 15.5 Å². The first-order chi connectivity index (χ1) is 12.6. The van der Waals surface area contributed by atoms with Gasteiger partial charge in [0.2, 0.25) is 0 Å². The molecule has 27 heavy (non-hydrogen) atoms. The van der Waals surface area contributed by atoms with Crippen molar-refractivity contribution in [3.63, 3.8) is 0 Å². The summed E-state index contributed by atoms with van der Waals surface area (Å²) in [6, 6.07) is 2.12. The maximum absolute atomic E-state index is 4.50. The van der Waals surface area contributed by atoms with Gasteiger partial charge in [-0.05, 0) is 71.0 Å². The van der Waals surface area contributed by atoms with E-state index < -0.39 is 0 Å². The van der Waals surface area contributed by atoms with Crippen molar-refractivity contribution in [2.45, 2.75) is 59.4 Å². The molecule has 6 nitrogen and oxygen atoms in total. The Morgan fingerprint density at radius 3 is 2.56 bits per heavy atom. The van der Waals surface area contributed by atoms with Crippen molar-refractivity contribution < 1.29 is 0 Å². The number of aliphatic imine (C=N–C) groups is 1. The smallest absolute Gasteiger partial charge is 0.190 e. The van der Waals surface area contributed by atoms with E-state index in [2.05, 4.69) is 50.2 Å².